The molecule has 0 heterocycles. The van der Waals surface area contributed by atoms with E-state index in [1.54, 1.807) is 0 Å². The fourth-order valence-electron chi connectivity index (χ4n) is 1.84. The van der Waals surface area contributed by atoms with E-state index in [4.69, 9.17) is 10.5 Å². The van der Waals surface area contributed by atoms with Gasteiger partial charge in [-0.1, -0.05) is 60.7 Å². The highest BCUT2D eigenvalue weighted by molar-refractivity contribution is 7.79. The summed E-state index contributed by atoms with van der Waals surface area (Å²) in [7, 11) is 0. The summed E-state index contributed by atoms with van der Waals surface area (Å²) in [6.45, 7) is 1.81. The Hall–Kier alpha value is -1.78. The number of hydrogen-bond acceptors (Lipinski definition) is 4. The zero-order chi connectivity index (χ0) is 16.2. The van der Waals surface area contributed by atoms with E-state index in [0.717, 1.165) is 17.7 Å². The molecule has 2 aromatic carbocycles. The standard InChI is InChI=1S/C11H15NO2.C7H8S/c1-9(14-11(13)8-12)7-10-5-3-2-4-6-10;8-6-7-4-2-1-3-5-7/h2-6,9H,7-8,12H2,1H3;1-5,8H,6H2. The Bertz CT molecular complexity index is 531. The summed E-state index contributed by atoms with van der Waals surface area (Å²) in [4.78, 5) is 10.9. The van der Waals surface area contributed by atoms with Crippen LogP contribution in [0.2, 0.25) is 0 Å². The van der Waals surface area contributed by atoms with Crippen molar-refractivity contribution in [1.82, 2.24) is 0 Å². The average molecular weight is 317 g/mol. The monoisotopic (exact) mass is 317 g/mol. The van der Waals surface area contributed by atoms with E-state index >= 15 is 0 Å². The second-order valence-corrected chi connectivity index (χ2v) is 5.15. The van der Waals surface area contributed by atoms with Crippen molar-refractivity contribution in [2.45, 2.75) is 25.2 Å². The van der Waals surface area contributed by atoms with Crippen LogP contribution in [0.5, 0.6) is 0 Å². The Morgan fingerprint density at radius 1 is 1.05 bits per heavy atom. The Morgan fingerprint density at radius 3 is 1.95 bits per heavy atom. The Kier molecular flexibility index (Phi) is 9.03. The summed E-state index contributed by atoms with van der Waals surface area (Å²) in [6.07, 6.45) is 0.612. The highest BCUT2D eigenvalue weighted by Crippen LogP contribution is 2.05. The van der Waals surface area contributed by atoms with Gasteiger partial charge in [-0.25, -0.2) is 0 Å². The molecule has 22 heavy (non-hydrogen) atoms. The molecule has 0 aliphatic heterocycles. The molecule has 0 aliphatic carbocycles. The van der Waals surface area contributed by atoms with Gasteiger partial charge >= 0.3 is 5.97 Å². The zero-order valence-electron chi connectivity index (χ0n) is 12.8. The largest absolute Gasteiger partial charge is 0.461 e. The highest BCUT2D eigenvalue weighted by atomic mass is 32.1. The van der Waals surface area contributed by atoms with Crippen LogP contribution in [-0.2, 0) is 21.7 Å². The van der Waals surface area contributed by atoms with Crippen LogP contribution in [0.4, 0.5) is 0 Å². The molecular formula is C18H23NO2S. The predicted molar refractivity (Wildman–Crippen MR) is 93.9 cm³/mol. The van der Waals surface area contributed by atoms with Gasteiger partial charge in [0.05, 0.1) is 6.54 Å². The molecule has 0 spiro atoms. The van der Waals surface area contributed by atoms with E-state index in [1.807, 2.05) is 55.5 Å². The van der Waals surface area contributed by atoms with Crippen molar-refractivity contribution in [2.24, 2.45) is 5.73 Å². The minimum absolute atomic E-state index is 0.0564. The zero-order valence-corrected chi connectivity index (χ0v) is 13.7. The van der Waals surface area contributed by atoms with E-state index < -0.39 is 0 Å². The number of ether oxygens (including phenoxy) is 1. The quantitative estimate of drug-likeness (QED) is 0.657. The van der Waals surface area contributed by atoms with E-state index in [-0.39, 0.29) is 18.6 Å². The number of thiol groups is 1. The molecule has 0 bridgehead atoms. The fraction of sp³-hybridized carbons (Fsp3) is 0.278. The number of benzene rings is 2. The average Bonchev–Trinajstić information content (AvgIpc) is 2.57. The lowest BCUT2D eigenvalue weighted by Crippen LogP contribution is -2.23. The highest BCUT2D eigenvalue weighted by Gasteiger charge is 2.07. The normalized spacial score (nSPS) is 11.0. The lowest BCUT2D eigenvalue weighted by molar-refractivity contribution is -0.146. The lowest BCUT2D eigenvalue weighted by atomic mass is 10.1. The van der Waals surface area contributed by atoms with Crippen molar-refractivity contribution in [3.8, 4) is 0 Å². The molecule has 118 valence electrons. The van der Waals surface area contributed by atoms with Crippen LogP contribution in [0.1, 0.15) is 18.1 Å². The number of rotatable bonds is 5. The SMILES string of the molecule is CC(Cc1ccccc1)OC(=O)CN.SCc1ccccc1. The maximum Gasteiger partial charge on any atom is 0.319 e. The van der Waals surface area contributed by atoms with E-state index in [9.17, 15) is 4.79 Å². The van der Waals surface area contributed by atoms with Crippen LogP contribution in [-0.4, -0.2) is 18.6 Å². The maximum atomic E-state index is 10.9. The number of nitrogens with two attached hydrogens (primary N) is 1. The maximum absolute atomic E-state index is 10.9. The summed E-state index contributed by atoms with van der Waals surface area (Å²) in [6, 6.07) is 20.1. The molecule has 1 unspecified atom stereocenters. The van der Waals surface area contributed by atoms with Gasteiger partial charge in [-0.2, -0.15) is 12.6 Å². The molecule has 1 atom stereocenters. The van der Waals surface area contributed by atoms with Crippen molar-refractivity contribution >= 4 is 18.6 Å². The molecule has 0 aromatic heterocycles. The lowest BCUT2D eigenvalue weighted by Gasteiger charge is -2.12. The third-order valence-electron chi connectivity index (χ3n) is 2.89. The number of esters is 1. The van der Waals surface area contributed by atoms with E-state index in [1.165, 1.54) is 5.56 Å². The van der Waals surface area contributed by atoms with Gasteiger partial charge < -0.3 is 10.5 Å². The molecule has 2 aromatic rings. The first kappa shape index (κ1) is 18.3. The Morgan fingerprint density at radius 2 is 1.55 bits per heavy atom. The minimum atomic E-state index is -0.353. The summed E-state index contributed by atoms with van der Waals surface area (Å²) in [5, 5.41) is 0. The van der Waals surface area contributed by atoms with Gasteiger partial charge in [-0.05, 0) is 18.1 Å². The number of carbonyl (C=O) groups excluding carboxylic acids is 1. The van der Waals surface area contributed by atoms with Crippen LogP contribution in [0.3, 0.4) is 0 Å². The molecule has 0 amide bonds. The molecular weight excluding hydrogens is 294 g/mol. The second kappa shape index (κ2) is 10.9. The number of hydrogen-bond donors (Lipinski definition) is 2. The predicted octanol–water partition coefficient (Wildman–Crippen LogP) is 3.24. The van der Waals surface area contributed by atoms with Gasteiger partial charge in [0, 0.05) is 12.2 Å². The third kappa shape index (κ3) is 7.86. The van der Waals surface area contributed by atoms with Crippen molar-refractivity contribution in [3.05, 3.63) is 71.8 Å². The van der Waals surface area contributed by atoms with Gasteiger partial charge in [0.15, 0.2) is 0 Å². The molecule has 4 heteroatoms. The third-order valence-corrected chi connectivity index (χ3v) is 3.26. The Balaban J connectivity index is 0.000000255. The summed E-state index contributed by atoms with van der Waals surface area (Å²) in [5.74, 6) is 0.481. The van der Waals surface area contributed by atoms with E-state index in [2.05, 4.69) is 24.8 Å². The van der Waals surface area contributed by atoms with Crippen LogP contribution >= 0.6 is 12.6 Å². The first-order valence-corrected chi connectivity index (χ1v) is 7.87. The van der Waals surface area contributed by atoms with Gasteiger partial charge in [0.25, 0.3) is 0 Å². The summed E-state index contributed by atoms with van der Waals surface area (Å²) in [5.41, 5.74) is 7.57. The molecule has 0 fully saturated rings. The molecule has 0 saturated carbocycles. The number of carbonyl (C=O) groups is 1. The van der Waals surface area contributed by atoms with E-state index in [0.29, 0.717) is 0 Å². The fourth-order valence-corrected chi connectivity index (χ4v) is 2.05. The smallest absolute Gasteiger partial charge is 0.319 e. The molecule has 2 N–H and O–H groups in total. The Labute approximate surface area is 137 Å². The topological polar surface area (TPSA) is 52.3 Å². The first-order chi connectivity index (χ1) is 10.7. The van der Waals surface area contributed by atoms with Crippen molar-refractivity contribution in [1.29, 1.82) is 0 Å². The van der Waals surface area contributed by atoms with Crippen LogP contribution < -0.4 is 5.73 Å². The summed E-state index contributed by atoms with van der Waals surface area (Å²) >= 11 is 4.11. The van der Waals surface area contributed by atoms with Gasteiger partial charge in [0.1, 0.15) is 6.10 Å². The van der Waals surface area contributed by atoms with Gasteiger partial charge in [-0.3, -0.25) is 4.79 Å². The molecule has 0 saturated heterocycles. The van der Waals surface area contributed by atoms with Crippen LogP contribution in [0, 0.1) is 0 Å². The molecule has 0 aliphatic rings. The van der Waals surface area contributed by atoms with Gasteiger partial charge in [0.2, 0.25) is 0 Å². The van der Waals surface area contributed by atoms with Crippen LogP contribution in [0.15, 0.2) is 60.7 Å². The summed E-state index contributed by atoms with van der Waals surface area (Å²) < 4.78 is 5.04. The molecule has 0 radical (unpaired) electrons. The minimum Gasteiger partial charge on any atom is -0.461 e. The second-order valence-electron chi connectivity index (χ2n) is 4.84. The van der Waals surface area contributed by atoms with Crippen molar-refractivity contribution in [3.63, 3.8) is 0 Å². The molecule has 3 nitrogen and oxygen atoms in total. The van der Waals surface area contributed by atoms with Crippen molar-refractivity contribution < 1.29 is 9.53 Å². The molecule has 2 rings (SSSR count). The van der Waals surface area contributed by atoms with Gasteiger partial charge in [-0.15, -0.1) is 0 Å². The first-order valence-electron chi connectivity index (χ1n) is 7.24. The van der Waals surface area contributed by atoms with Crippen molar-refractivity contribution in [2.75, 3.05) is 6.54 Å². The van der Waals surface area contributed by atoms with Crippen LogP contribution in [0.25, 0.3) is 0 Å².